The van der Waals surface area contributed by atoms with Crippen LogP contribution in [0, 0.1) is 50.2 Å². The van der Waals surface area contributed by atoms with Crippen molar-refractivity contribution in [1.82, 2.24) is 0 Å². The smallest absolute Gasteiger partial charge is 0.141 e. The zero-order valence-electron chi connectivity index (χ0n) is 22.1. The van der Waals surface area contributed by atoms with Crippen LogP contribution >= 0.6 is 0 Å². The van der Waals surface area contributed by atoms with Crippen LogP contribution in [0.5, 0.6) is 0 Å². The highest BCUT2D eigenvalue weighted by Gasteiger charge is 2.68. The number of carbonyl (C=O) groups excluding carboxylic acids is 2. The van der Waals surface area contributed by atoms with Gasteiger partial charge in [0, 0.05) is 23.7 Å². The summed E-state index contributed by atoms with van der Waals surface area (Å²) in [5, 5.41) is 10.3. The quantitative estimate of drug-likeness (QED) is 0.458. The normalized spacial score (nSPS) is 53.3. The number of hydrogen-bond donors (Lipinski definition) is 1. The van der Waals surface area contributed by atoms with Crippen molar-refractivity contribution in [2.75, 3.05) is 6.61 Å². The minimum atomic E-state index is -0.588. The van der Waals surface area contributed by atoms with Gasteiger partial charge in [-0.1, -0.05) is 60.1 Å². The van der Waals surface area contributed by atoms with Gasteiger partial charge in [0.2, 0.25) is 0 Å². The minimum absolute atomic E-state index is 0.0202. The van der Waals surface area contributed by atoms with Crippen molar-refractivity contribution in [1.29, 1.82) is 0 Å². The van der Waals surface area contributed by atoms with Gasteiger partial charge >= 0.3 is 0 Å². The lowest BCUT2D eigenvalue weighted by molar-refractivity contribution is -0.181. The van der Waals surface area contributed by atoms with Gasteiger partial charge in [-0.15, -0.1) is 0 Å². The first-order valence-corrected chi connectivity index (χ1v) is 13.6. The molecule has 0 aromatic heterocycles. The third-order valence-corrected chi connectivity index (χ3v) is 12.6. The Bertz CT molecular complexity index is 931. The molecule has 0 saturated heterocycles. The monoisotopic (exact) mass is 454 g/mol. The topological polar surface area (TPSA) is 54.4 Å². The molecule has 0 heterocycles. The van der Waals surface area contributed by atoms with Crippen LogP contribution < -0.4 is 0 Å². The molecule has 0 aromatic carbocycles. The molecule has 8 atom stereocenters. The van der Waals surface area contributed by atoms with Crippen LogP contribution in [-0.2, 0) is 9.59 Å². The maximum atomic E-state index is 13.5. The Kier molecular flexibility index (Phi) is 4.92. The van der Waals surface area contributed by atoms with Crippen LogP contribution in [0.25, 0.3) is 0 Å². The van der Waals surface area contributed by atoms with Crippen molar-refractivity contribution in [3.05, 3.63) is 11.6 Å². The van der Waals surface area contributed by atoms with Gasteiger partial charge in [0.15, 0.2) is 0 Å². The largest absolute Gasteiger partial charge is 0.395 e. The zero-order chi connectivity index (χ0) is 24.2. The summed E-state index contributed by atoms with van der Waals surface area (Å²) in [4.78, 5) is 26.4. The van der Waals surface area contributed by atoms with Gasteiger partial charge in [-0.3, -0.25) is 9.59 Å². The Hall–Kier alpha value is -0.960. The second-order valence-corrected chi connectivity index (χ2v) is 14.7. The molecule has 0 spiro atoms. The molecular formula is C30H46O3. The van der Waals surface area contributed by atoms with Crippen molar-refractivity contribution in [2.45, 2.75) is 106 Å². The highest BCUT2D eigenvalue weighted by molar-refractivity contribution is 5.88. The third-order valence-electron chi connectivity index (χ3n) is 12.6. The van der Waals surface area contributed by atoms with Crippen molar-refractivity contribution in [2.24, 2.45) is 50.2 Å². The molecule has 5 aliphatic rings. The van der Waals surface area contributed by atoms with Crippen LogP contribution in [0.3, 0.4) is 0 Å². The maximum Gasteiger partial charge on any atom is 0.141 e. The number of aliphatic hydroxyl groups is 1. The highest BCUT2D eigenvalue weighted by Crippen LogP contribution is 2.73. The number of Topliss-reactive ketones (excluding diaryl/α,β-unsaturated/α-hetero) is 2. The molecule has 0 radical (unpaired) electrons. The van der Waals surface area contributed by atoms with Gasteiger partial charge in [-0.25, -0.2) is 0 Å². The number of aliphatic hydroxyl groups excluding tert-OH is 1. The summed E-state index contributed by atoms with van der Waals surface area (Å²) in [7, 11) is 0. The number of rotatable bonds is 1. The van der Waals surface area contributed by atoms with Gasteiger partial charge < -0.3 is 5.11 Å². The van der Waals surface area contributed by atoms with E-state index in [0.717, 1.165) is 44.9 Å². The fourth-order valence-corrected chi connectivity index (χ4v) is 10.6. The first kappa shape index (κ1) is 23.8. The fraction of sp³-hybridized carbons (Fsp3) is 0.867. The molecule has 4 fully saturated rings. The molecule has 8 unspecified atom stereocenters. The van der Waals surface area contributed by atoms with E-state index >= 15 is 0 Å². The number of allylic oxidation sites excluding steroid dienone is 2. The summed E-state index contributed by atoms with van der Waals surface area (Å²) in [6.45, 7) is 16.3. The lowest BCUT2D eigenvalue weighted by atomic mass is 9.35. The van der Waals surface area contributed by atoms with Crippen molar-refractivity contribution in [3.63, 3.8) is 0 Å². The Balaban J connectivity index is 1.59. The van der Waals surface area contributed by atoms with Crippen molar-refractivity contribution in [3.8, 4) is 0 Å². The van der Waals surface area contributed by atoms with Gasteiger partial charge in [0.05, 0.1) is 12.0 Å². The molecule has 33 heavy (non-hydrogen) atoms. The Labute approximate surface area is 201 Å². The van der Waals surface area contributed by atoms with E-state index in [1.807, 2.05) is 6.92 Å². The predicted octanol–water partition coefficient (Wildman–Crippen LogP) is 6.53. The molecule has 5 aliphatic carbocycles. The molecule has 3 nitrogen and oxygen atoms in total. The first-order chi connectivity index (χ1) is 15.2. The van der Waals surface area contributed by atoms with E-state index in [0.29, 0.717) is 30.5 Å². The Morgan fingerprint density at radius 1 is 0.848 bits per heavy atom. The van der Waals surface area contributed by atoms with E-state index in [1.165, 1.54) is 0 Å². The summed E-state index contributed by atoms with van der Waals surface area (Å²) in [5.41, 5.74) is 1.07. The van der Waals surface area contributed by atoms with Gasteiger partial charge in [0.25, 0.3) is 0 Å². The average Bonchev–Trinajstić information content (AvgIpc) is 2.72. The average molecular weight is 455 g/mol. The number of hydrogen-bond acceptors (Lipinski definition) is 3. The molecule has 0 amide bonds. The van der Waals surface area contributed by atoms with Crippen LogP contribution in [0.15, 0.2) is 11.6 Å². The van der Waals surface area contributed by atoms with E-state index in [2.05, 4.69) is 47.6 Å². The summed E-state index contributed by atoms with van der Waals surface area (Å²) in [5.74, 6) is 2.09. The van der Waals surface area contributed by atoms with E-state index in [9.17, 15) is 14.7 Å². The molecule has 184 valence electrons. The molecular weight excluding hydrogens is 408 g/mol. The second kappa shape index (κ2) is 6.83. The van der Waals surface area contributed by atoms with Crippen molar-refractivity contribution < 1.29 is 14.7 Å². The summed E-state index contributed by atoms with van der Waals surface area (Å²) in [6, 6.07) is 0. The lowest BCUT2D eigenvalue weighted by Crippen LogP contribution is -2.64. The van der Waals surface area contributed by atoms with E-state index in [1.54, 1.807) is 5.57 Å². The number of fused-ring (bicyclic) bond motifs is 7. The number of ketones is 2. The number of carbonyl (C=O) groups is 2. The molecule has 0 aromatic rings. The molecule has 5 rings (SSSR count). The first-order valence-electron chi connectivity index (χ1n) is 13.6. The molecule has 3 heteroatoms. The predicted molar refractivity (Wildman–Crippen MR) is 132 cm³/mol. The highest BCUT2D eigenvalue weighted by atomic mass is 16.3. The maximum absolute atomic E-state index is 13.5. The van der Waals surface area contributed by atoms with Crippen LogP contribution in [-0.4, -0.2) is 23.3 Å². The van der Waals surface area contributed by atoms with E-state index < -0.39 is 5.41 Å². The van der Waals surface area contributed by atoms with Crippen LogP contribution in [0.1, 0.15) is 106 Å². The summed E-state index contributed by atoms with van der Waals surface area (Å²) in [6.07, 6.45) is 11.3. The van der Waals surface area contributed by atoms with Crippen molar-refractivity contribution >= 4 is 11.6 Å². The third kappa shape index (κ3) is 2.78. The Morgan fingerprint density at radius 2 is 1.55 bits per heavy atom. The fourth-order valence-electron chi connectivity index (χ4n) is 10.6. The summed E-state index contributed by atoms with van der Waals surface area (Å²) >= 11 is 0. The summed E-state index contributed by atoms with van der Waals surface area (Å²) < 4.78 is 0. The lowest BCUT2D eigenvalue weighted by Gasteiger charge is -2.69. The van der Waals surface area contributed by atoms with Crippen LogP contribution in [0.2, 0.25) is 0 Å². The van der Waals surface area contributed by atoms with Crippen LogP contribution in [0.4, 0.5) is 0 Å². The standard InChI is InChI=1S/C30H46O3/c1-25(2)16-24(33)29(6)15-10-19-20(30(29,7)17-25)8-9-21-26(19,3)13-11-22-27(21,4)14-12-23(32)28(22,5)18-31/h8,19,21-22,31H,9-18H2,1-7H3. The molecule has 0 aliphatic heterocycles. The van der Waals surface area contributed by atoms with Gasteiger partial charge in [0.1, 0.15) is 11.6 Å². The van der Waals surface area contributed by atoms with Gasteiger partial charge in [-0.2, -0.15) is 0 Å². The Morgan fingerprint density at radius 3 is 2.21 bits per heavy atom. The second-order valence-electron chi connectivity index (χ2n) is 14.7. The molecule has 0 bridgehead atoms. The van der Waals surface area contributed by atoms with E-state index in [-0.39, 0.29) is 45.4 Å². The molecule has 1 N–H and O–H groups in total. The zero-order valence-corrected chi connectivity index (χ0v) is 22.1. The van der Waals surface area contributed by atoms with E-state index in [4.69, 9.17) is 0 Å². The van der Waals surface area contributed by atoms with Gasteiger partial charge in [-0.05, 0) is 78.9 Å². The minimum Gasteiger partial charge on any atom is -0.395 e. The molecule has 4 saturated carbocycles. The SMILES string of the molecule is CC1(C)CC(=O)C2(C)CCC3C(=CCC4C3(C)CCC3C(C)(CO)C(=O)CCC34C)C2(C)C1.